The lowest BCUT2D eigenvalue weighted by Crippen LogP contribution is -2.37. The Bertz CT molecular complexity index is 636. The molecule has 2 aromatic rings. The first-order valence-electron chi connectivity index (χ1n) is 7.27. The van der Waals surface area contributed by atoms with Crippen molar-refractivity contribution in [3.8, 4) is 0 Å². The van der Waals surface area contributed by atoms with Gasteiger partial charge in [0.05, 0.1) is 0 Å². The molecular weight excluding hydrogens is 276 g/mol. The number of amides is 2. The van der Waals surface area contributed by atoms with Crippen molar-refractivity contribution in [2.75, 3.05) is 11.9 Å². The van der Waals surface area contributed by atoms with E-state index in [-0.39, 0.29) is 5.92 Å². The lowest BCUT2D eigenvalue weighted by atomic mass is 10.0. The molecule has 2 amide bonds. The summed E-state index contributed by atoms with van der Waals surface area (Å²) in [6.07, 6.45) is 0. The summed E-state index contributed by atoms with van der Waals surface area (Å²) in [6, 6.07) is 17.2. The van der Waals surface area contributed by atoms with E-state index in [4.69, 9.17) is 0 Å². The van der Waals surface area contributed by atoms with Crippen molar-refractivity contribution in [3.05, 3.63) is 65.7 Å². The fourth-order valence-electron chi connectivity index (χ4n) is 2.05. The van der Waals surface area contributed by atoms with E-state index in [1.165, 1.54) is 0 Å². The molecule has 0 aliphatic carbocycles. The van der Waals surface area contributed by atoms with Crippen LogP contribution in [0.1, 0.15) is 24.0 Å². The smallest absolute Gasteiger partial charge is 0.313 e. The highest BCUT2D eigenvalue weighted by Crippen LogP contribution is 2.13. The molecule has 22 heavy (non-hydrogen) atoms. The van der Waals surface area contributed by atoms with Crippen LogP contribution in [0.5, 0.6) is 0 Å². The van der Waals surface area contributed by atoms with E-state index in [2.05, 4.69) is 10.6 Å². The van der Waals surface area contributed by atoms with Gasteiger partial charge < -0.3 is 10.6 Å². The van der Waals surface area contributed by atoms with Crippen LogP contribution in [-0.2, 0) is 9.59 Å². The Kier molecular flexibility index (Phi) is 5.31. The van der Waals surface area contributed by atoms with Gasteiger partial charge in [0.15, 0.2) is 0 Å². The average Bonchev–Trinajstić information content (AvgIpc) is 2.55. The minimum absolute atomic E-state index is 0.150. The predicted octanol–water partition coefficient (Wildman–Crippen LogP) is 2.85. The second kappa shape index (κ2) is 7.41. The highest BCUT2D eigenvalue weighted by Gasteiger charge is 2.15. The molecule has 0 fully saturated rings. The van der Waals surface area contributed by atoms with Gasteiger partial charge in [-0.1, -0.05) is 55.0 Å². The van der Waals surface area contributed by atoms with E-state index in [0.29, 0.717) is 12.2 Å². The molecule has 0 saturated heterocycles. The summed E-state index contributed by atoms with van der Waals surface area (Å²) < 4.78 is 0. The molecule has 0 aromatic heterocycles. The van der Waals surface area contributed by atoms with Crippen LogP contribution in [0.3, 0.4) is 0 Å². The van der Waals surface area contributed by atoms with E-state index in [9.17, 15) is 9.59 Å². The summed E-state index contributed by atoms with van der Waals surface area (Å²) in [5.74, 6) is -1.12. The zero-order valence-electron chi connectivity index (χ0n) is 12.8. The van der Waals surface area contributed by atoms with Gasteiger partial charge in [-0.3, -0.25) is 9.59 Å². The third kappa shape index (κ3) is 4.45. The van der Waals surface area contributed by atoms with Crippen molar-refractivity contribution in [1.29, 1.82) is 0 Å². The molecule has 0 unspecified atom stereocenters. The molecule has 0 bridgehead atoms. The molecule has 0 spiro atoms. The van der Waals surface area contributed by atoms with Crippen LogP contribution in [0.4, 0.5) is 5.69 Å². The van der Waals surface area contributed by atoms with E-state index >= 15 is 0 Å². The lowest BCUT2D eigenvalue weighted by molar-refractivity contribution is -0.136. The summed E-state index contributed by atoms with van der Waals surface area (Å²) in [4.78, 5) is 23.7. The molecule has 2 aromatic carbocycles. The number of nitrogens with one attached hydrogen (secondary N) is 2. The molecule has 2 rings (SSSR count). The van der Waals surface area contributed by atoms with Gasteiger partial charge in [0.2, 0.25) is 0 Å². The zero-order valence-corrected chi connectivity index (χ0v) is 12.8. The number of benzene rings is 2. The fourth-order valence-corrected chi connectivity index (χ4v) is 2.05. The first-order chi connectivity index (χ1) is 10.6. The van der Waals surface area contributed by atoms with Gasteiger partial charge in [-0.05, 0) is 30.5 Å². The van der Waals surface area contributed by atoms with Gasteiger partial charge in [-0.15, -0.1) is 0 Å². The molecule has 114 valence electrons. The topological polar surface area (TPSA) is 58.2 Å². The number of rotatable bonds is 4. The SMILES string of the molecule is Cc1ccc(NC(=O)C(=O)NC[C@@H](C)c2ccccc2)cc1. The van der Waals surface area contributed by atoms with Crippen LogP contribution in [0.2, 0.25) is 0 Å². The van der Waals surface area contributed by atoms with Crippen molar-refractivity contribution in [2.45, 2.75) is 19.8 Å². The summed E-state index contributed by atoms with van der Waals surface area (Å²) >= 11 is 0. The Balaban J connectivity index is 1.84. The van der Waals surface area contributed by atoms with E-state index in [1.54, 1.807) is 12.1 Å². The number of hydrogen-bond acceptors (Lipinski definition) is 2. The summed E-state index contributed by atoms with van der Waals surface area (Å²) in [5, 5.41) is 5.24. The van der Waals surface area contributed by atoms with Crippen LogP contribution in [0, 0.1) is 6.92 Å². The normalized spacial score (nSPS) is 11.5. The molecular formula is C18H20N2O2. The molecule has 0 aliphatic heterocycles. The molecule has 0 aliphatic rings. The lowest BCUT2D eigenvalue weighted by Gasteiger charge is -2.13. The quantitative estimate of drug-likeness (QED) is 0.852. The van der Waals surface area contributed by atoms with E-state index in [1.807, 2.05) is 56.3 Å². The predicted molar refractivity (Wildman–Crippen MR) is 87.7 cm³/mol. The van der Waals surface area contributed by atoms with Crippen molar-refractivity contribution in [2.24, 2.45) is 0 Å². The van der Waals surface area contributed by atoms with Crippen LogP contribution in [0.25, 0.3) is 0 Å². The maximum Gasteiger partial charge on any atom is 0.313 e. The molecule has 0 heterocycles. The monoisotopic (exact) mass is 296 g/mol. The van der Waals surface area contributed by atoms with Crippen molar-refractivity contribution < 1.29 is 9.59 Å². The number of hydrogen-bond donors (Lipinski definition) is 2. The third-order valence-electron chi connectivity index (χ3n) is 3.45. The minimum atomic E-state index is -0.649. The maximum atomic E-state index is 11.8. The summed E-state index contributed by atoms with van der Waals surface area (Å²) in [7, 11) is 0. The number of anilines is 1. The van der Waals surface area contributed by atoms with Crippen molar-refractivity contribution in [3.63, 3.8) is 0 Å². The Morgan fingerprint density at radius 3 is 2.23 bits per heavy atom. The highest BCUT2D eigenvalue weighted by molar-refractivity contribution is 6.39. The third-order valence-corrected chi connectivity index (χ3v) is 3.45. The molecule has 1 atom stereocenters. The van der Waals surface area contributed by atoms with Crippen LogP contribution in [0.15, 0.2) is 54.6 Å². The van der Waals surface area contributed by atoms with Gasteiger partial charge in [0, 0.05) is 12.2 Å². The number of carbonyl (C=O) groups excluding carboxylic acids is 2. The molecule has 0 radical (unpaired) electrons. The zero-order chi connectivity index (χ0) is 15.9. The standard InChI is InChI=1S/C18H20N2O2/c1-13-8-10-16(11-9-13)20-18(22)17(21)19-12-14(2)15-6-4-3-5-7-15/h3-11,14H,12H2,1-2H3,(H,19,21)(H,20,22)/t14-/m1/s1. The second-order valence-corrected chi connectivity index (χ2v) is 5.34. The second-order valence-electron chi connectivity index (χ2n) is 5.34. The minimum Gasteiger partial charge on any atom is -0.347 e. The highest BCUT2D eigenvalue weighted by atomic mass is 16.2. The summed E-state index contributed by atoms with van der Waals surface area (Å²) in [5.41, 5.74) is 2.84. The van der Waals surface area contributed by atoms with Gasteiger partial charge in [-0.2, -0.15) is 0 Å². The molecule has 4 heteroatoms. The number of carbonyl (C=O) groups is 2. The van der Waals surface area contributed by atoms with Gasteiger partial charge in [-0.25, -0.2) is 0 Å². The van der Waals surface area contributed by atoms with Crippen LogP contribution in [-0.4, -0.2) is 18.4 Å². The maximum absolute atomic E-state index is 11.8. The van der Waals surface area contributed by atoms with Crippen LogP contribution >= 0.6 is 0 Å². The van der Waals surface area contributed by atoms with Crippen molar-refractivity contribution in [1.82, 2.24) is 5.32 Å². The fraction of sp³-hybridized carbons (Fsp3) is 0.222. The Labute approximate surface area is 130 Å². The largest absolute Gasteiger partial charge is 0.347 e. The van der Waals surface area contributed by atoms with Gasteiger partial charge in [0.25, 0.3) is 0 Å². The Hall–Kier alpha value is -2.62. The number of aryl methyl sites for hydroxylation is 1. The first kappa shape index (κ1) is 15.8. The molecule has 2 N–H and O–H groups in total. The van der Waals surface area contributed by atoms with Gasteiger partial charge >= 0.3 is 11.8 Å². The first-order valence-corrected chi connectivity index (χ1v) is 7.27. The molecule has 4 nitrogen and oxygen atoms in total. The molecule has 0 saturated carbocycles. The van der Waals surface area contributed by atoms with Crippen LogP contribution < -0.4 is 10.6 Å². The van der Waals surface area contributed by atoms with Gasteiger partial charge in [0.1, 0.15) is 0 Å². The Morgan fingerprint density at radius 2 is 1.59 bits per heavy atom. The van der Waals surface area contributed by atoms with E-state index in [0.717, 1.165) is 11.1 Å². The summed E-state index contributed by atoms with van der Waals surface area (Å²) in [6.45, 7) is 4.39. The average molecular weight is 296 g/mol. The van der Waals surface area contributed by atoms with E-state index < -0.39 is 11.8 Å². The Morgan fingerprint density at radius 1 is 0.955 bits per heavy atom. The van der Waals surface area contributed by atoms with Crippen molar-refractivity contribution >= 4 is 17.5 Å².